The Hall–Kier alpha value is -2.84. The molecule has 1 aromatic heterocycles. The van der Waals surface area contributed by atoms with Crippen LogP contribution in [0.25, 0.3) is 0 Å². The second-order valence-corrected chi connectivity index (χ2v) is 11.2. The summed E-state index contributed by atoms with van der Waals surface area (Å²) in [6.45, 7) is 8.47. The van der Waals surface area contributed by atoms with Gasteiger partial charge in [0.15, 0.2) is 5.69 Å². The fourth-order valence-electron chi connectivity index (χ4n) is 6.36. The first-order chi connectivity index (χ1) is 15.8. The van der Waals surface area contributed by atoms with Crippen LogP contribution in [0.1, 0.15) is 72.1 Å². The molecule has 0 radical (unpaired) electrons. The summed E-state index contributed by atoms with van der Waals surface area (Å²) in [5.41, 5.74) is 0.825. The number of carbonyl (C=O) groups is 2. The summed E-state index contributed by atoms with van der Waals surface area (Å²) in [6.07, 6.45) is -1.36. The molecule has 6 nitrogen and oxygen atoms in total. The summed E-state index contributed by atoms with van der Waals surface area (Å²) in [4.78, 5) is 30.0. The Bertz CT molecular complexity index is 1140. The third-order valence-corrected chi connectivity index (χ3v) is 7.42. The lowest BCUT2D eigenvalue weighted by Gasteiger charge is -2.39. The first kappa shape index (κ1) is 22.9. The number of hydrogen-bond acceptors (Lipinski definition) is 3. The van der Waals surface area contributed by atoms with Gasteiger partial charge >= 0.3 is 6.18 Å². The second-order valence-electron chi connectivity index (χ2n) is 11.2. The molecule has 9 heteroatoms. The van der Waals surface area contributed by atoms with Crippen molar-refractivity contribution in [1.82, 2.24) is 19.6 Å². The van der Waals surface area contributed by atoms with E-state index in [1.807, 2.05) is 4.90 Å². The molecule has 1 saturated carbocycles. The quantitative estimate of drug-likeness (QED) is 0.654. The van der Waals surface area contributed by atoms with Crippen molar-refractivity contribution in [2.75, 3.05) is 13.1 Å². The van der Waals surface area contributed by atoms with Gasteiger partial charge in [-0.2, -0.15) is 18.3 Å². The minimum atomic E-state index is -4.39. The van der Waals surface area contributed by atoms with Crippen molar-refractivity contribution < 1.29 is 22.8 Å². The lowest BCUT2D eigenvalue weighted by Crippen LogP contribution is -2.39. The van der Waals surface area contributed by atoms with Crippen molar-refractivity contribution in [1.29, 1.82) is 0 Å². The third-order valence-electron chi connectivity index (χ3n) is 7.42. The summed E-state index contributed by atoms with van der Waals surface area (Å²) in [6, 6.07) is 6.60. The van der Waals surface area contributed by atoms with Crippen LogP contribution in [-0.4, -0.2) is 50.5 Å². The van der Waals surface area contributed by atoms with E-state index in [-0.39, 0.29) is 40.9 Å². The second kappa shape index (κ2) is 7.58. The normalized spacial score (nSPS) is 26.1. The van der Waals surface area contributed by atoms with Gasteiger partial charge in [-0.25, -0.2) is 0 Å². The molecule has 2 atom stereocenters. The highest BCUT2D eigenvalue weighted by Gasteiger charge is 2.51. The van der Waals surface area contributed by atoms with Crippen molar-refractivity contribution in [3.63, 3.8) is 0 Å². The summed E-state index contributed by atoms with van der Waals surface area (Å²) in [5, 5.41) is 4.45. The molecule has 5 rings (SSSR count). The molecule has 2 fully saturated rings. The predicted molar refractivity (Wildman–Crippen MR) is 119 cm³/mol. The zero-order valence-electron chi connectivity index (χ0n) is 19.7. The third kappa shape index (κ3) is 4.09. The molecule has 3 aliphatic rings. The number of fused-ring (bicyclic) bond motifs is 3. The standard InChI is InChI=1S/C25H29F3N4O2/c1-23(2)11-18-12-24(3,14-23)15-31(18)21(33)19-10-20-22(34)30(8-9-32(20)29-19)13-16-4-6-17(7-5-16)25(26,27)28/h4-7,10,18H,8-9,11-15H2,1-3H3/t18-,24+/m0/s1. The molecule has 2 aliphatic heterocycles. The maximum Gasteiger partial charge on any atom is 0.416 e. The van der Waals surface area contributed by atoms with E-state index in [0.717, 1.165) is 31.4 Å². The molecule has 1 saturated heterocycles. The maximum absolute atomic E-state index is 13.4. The van der Waals surface area contributed by atoms with E-state index >= 15 is 0 Å². The van der Waals surface area contributed by atoms with Gasteiger partial charge in [-0.05, 0) is 47.8 Å². The van der Waals surface area contributed by atoms with Crippen LogP contribution >= 0.6 is 0 Å². The summed E-state index contributed by atoms with van der Waals surface area (Å²) < 4.78 is 40.0. The Labute approximate surface area is 196 Å². The molecule has 0 N–H and O–H groups in total. The highest BCUT2D eigenvalue weighted by Crippen LogP contribution is 2.52. The van der Waals surface area contributed by atoms with Crippen LogP contribution in [0.5, 0.6) is 0 Å². The van der Waals surface area contributed by atoms with E-state index in [4.69, 9.17) is 0 Å². The van der Waals surface area contributed by atoms with Gasteiger partial charge in [0.25, 0.3) is 11.8 Å². The van der Waals surface area contributed by atoms with Crippen LogP contribution < -0.4 is 0 Å². The molecule has 34 heavy (non-hydrogen) atoms. The molecular formula is C25H29F3N4O2. The van der Waals surface area contributed by atoms with E-state index in [9.17, 15) is 22.8 Å². The number of hydrogen-bond donors (Lipinski definition) is 0. The van der Waals surface area contributed by atoms with Crippen LogP contribution in [0.3, 0.4) is 0 Å². The van der Waals surface area contributed by atoms with Crippen molar-refractivity contribution in [2.24, 2.45) is 10.8 Å². The van der Waals surface area contributed by atoms with Gasteiger partial charge in [-0.3, -0.25) is 14.3 Å². The zero-order chi connectivity index (χ0) is 24.5. The van der Waals surface area contributed by atoms with Crippen LogP contribution in [0.4, 0.5) is 13.2 Å². The van der Waals surface area contributed by atoms with Gasteiger partial charge in [0.1, 0.15) is 5.69 Å². The average Bonchev–Trinajstić information content (AvgIpc) is 3.27. The van der Waals surface area contributed by atoms with Gasteiger partial charge in [-0.1, -0.05) is 32.9 Å². The number of aromatic nitrogens is 2. The van der Waals surface area contributed by atoms with Crippen LogP contribution in [0.15, 0.2) is 30.3 Å². The smallest absolute Gasteiger partial charge is 0.334 e. The first-order valence-corrected chi connectivity index (χ1v) is 11.7. The minimum Gasteiger partial charge on any atom is -0.334 e. The van der Waals surface area contributed by atoms with E-state index < -0.39 is 11.7 Å². The number of benzene rings is 1. The van der Waals surface area contributed by atoms with Crippen molar-refractivity contribution in [3.8, 4) is 0 Å². The number of alkyl halides is 3. The number of likely N-dealkylation sites (tertiary alicyclic amines) is 1. The Morgan fingerprint density at radius 1 is 1.12 bits per heavy atom. The highest BCUT2D eigenvalue weighted by molar-refractivity contribution is 5.98. The monoisotopic (exact) mass is 474 g/mol. The predicted octanol–water partition coefficient (Wildman–Crippen LogP) is 4.60. The summed E-state index contributed by atoms with van der Waals surface area (Å²) in [5.74, 6) is -0.402. The molecular weight excluding hydrogens is 445 g/mol. The number of carbonyl (C=O) groups excluding carboxylic acids is 2. The fraction of sp³-hybridized carbons (Fsp3) is 0.560. The van der Waals surface area contributed by atoms with E-state index in [1.165, 1.54) is 12.1 Å². The average molecular weight is 475 g/mol. The Morgan fingerprint density at radius 2 is 1.82 bits per heavy atom. The lowest BCUT2D eigenvalue weighted by molar-refractivity contribution is -0.137. The minimum absolute atomic E-state index is 0.107. The Kier molecular flexibility index (Phi) is 5.11. The van der Waals surface area contributed by atoms with Crippen molar-refractivity contribution in [2.45, 2.75) is 65.3 Å². The molecule has 182 valence electrons. The molecule has 2 bridgehead atoms. The fourth-order valence-corrected chi connectivity index (χ4v) is 6.36. The van der Waals surface area contributed by atoms with Crippen LogP contribution in [-0.2, 0) is 19.3 Å². The van der Waals surface area contributed by atoms with Gasteiger partial charge in [0.05, 0.1) is 12.1 Å². The van der Waals surface area contributed by atoms with Gasteiger partial charge in [-0.15, -0.1) is 0 Å². The van der Waals surface area contributed by atoms with Gasteiger partial charge in [0.2, 0.25) is 0 Å². The molecule has 2 aromatic rings. The lowest BCUT2D eigenvalue weighted by atomic mass is 9.65. The number of nitrogens with zero attached hydrogens (tertiary/aromatic N) is 4. The van der Waals surface area contributed by atoms with E-state index in [0.29, 0.717) is 30.9 Å². The molecule has 0 spiro atoms. The highest BCUT2D eigenvalue weighted by atomic mass is 19.4. The number of amides is 2. The molecule has 0 unspecified atom stereocenters. The van der Waals surface area contributed by atoms with Gasteiger partial charge < -0.3 is 9.80 Å². The zero-order valence-corrected chi connectivity index (χ0v) is 19.7. The molecule has 3 heterocycles. The van der Waals surface area contributed by atoms with Crippen molar-refractivity contribution in [3.05, 3.63) is 52.8 Å². The SMILES string of the molecule is CC1(C)C[C@H]2C[C@@](C)(CN2C(=O)c2cc3n(n2)CCN(Cc2ccc(C(F)(F)F)cc2)C3=O)C1. The topological polar surface area (TPSA) is 58.4 Å². The van der Waals surface area contributed by atoms with E-state index in [1.54, 1.807) is 15.6 Å². The van der Waals surface area contributed by atoms with E-state index in [2.05, 4.69) is 25.9 Å². The van der Waals surface area contributed by atoms with Crippen LogP contribution in [0, 0.1) is 10.8 Å². The number of halogens is 3. The summed E-state index contributed by atoms with van der Waals surface area (Å²) in [7, 11) is 0. The van der Waals surface area contributed by atoms with Crippen LogP contribution in [0.2, 0.25) is 0 Å². The molecule has 2 amide bonds. The molecule has 1 aliphatic carbocycles. The molecule has 1 aromatic carbocycles. The maximum atomic E-state index is 13.4. The Balaban J connectivity index is 1.31. The Morgan fingerprint density at radius 3 is 2.50 bits per heavy atom. The number of rotatable bonds is 3. The largest absolute Gasteiger partial charge is 0.416 e. The van der Waals surface area contributed by atoms with Gasteiger partial charge in [0, 0.05) is 31.7 Å². The summed E-state index contributed by atoms with van der Waals surface area (Å²) >= 11 is 0. The van der Waals surface area contributed by atoms with Crippen molar-refractivity contribution >= 4 is 11.8 Å². The first-order valence-electron chi connectivity index (χ1n) is 11.7.